The molecule has 0 saturated heterocycles. The maximum Gasteiger partial charge on any atom is 0.338 e. The van der Waals surface area contributed by atoms with E-state index in [9.17, 15) is 19.5 Å². The summed E-state index contributed by atoms with van der Waals surface area (Å²) < 4.78 is 6.48. The van der Waals surface area contributed by atoms with Crippen LogP contribution in [-0.4, -0.2) is 51.3 Å². The third-order valence-corrected chi connectivity index (χ3v) is 4.81. The topological polar surface area (TPSA) is 123 Å². The highest BCUT2D eigenvalue weighted by Crippen LogP contribution is 2.19. The number of hydrogen-bond donors (Lipinski definition) is 3. The first kappa shape index (κ1) is 23.2. The minimum atomic E-state index is -0.422. The van der Waals surface area contributed by atoms with Gasteiger partial charge in [0, 0.05) is 12.2 Å². The molecule has 0 saturated carbocycles. The number of aliphatic hydroxyl groups excluding tert-OH is 1. The molecule has 0 aliphatic rings. The van der Waals surface area contributed by atoms with Gasteiger partial charge in [-0.25, -0.2) is 9.78 Å². The molecule has 0 aliphatic carbocycles. The monoisotopic (exact) mass is 432 g/mol. The van der Waals surface area contributed by atoms with Crippen LogP contribution < -0.4 is 10.6 Å². The molecular weight excluding hydrogens is 408 g/mol. The minimum absolute atomic E-state index is 0.0248. The van der Waals surface area contributed by atoms with Crippen LogP contribution >= 0.6 is 11.8 Å². The summed E-state index contributed by atoms with van der Waals surface area (Å²) in [6.07, 6.45) is 3.03. The van der Waals surface area contributed by atoms with Crippen LogP contribution in [0, 0.1) is 0 Å². The SMILES string of the molecule is C=CCNC(=O)Cn1c(CO)cnc1SCC(=O)Nc1ccc(C(=O)OCC)cc1. The number of thioether (sulfide) groups is 1. The van der Waals surface area contributed by atoms with Crippen LogP contribution in [0.1, 0.15) is 23.0 Å². The molecule has 0 radical (unpaired) electrons. The highest BCUT2D eigenvalue weighted by atomic mass is 32.2. The number of nitrogens with one attached hydrogen (secondary N) is 2. The Morgan fingerprint density at radius 2 is 2.00 bits per heavy atom. The predicted molar refractivity (Wildman–Crippen MR) is 113 cm³/mol. The molecule has 0 atom stereocenters. The molecule has 2 aromatic rings. The van der Waals surface area contributed by atoms with Crippen molar-refractivity contribution in [3.05, 3.63) is 54.4 Å². The molecule has 2 rings (SSSR count). The van der Waals surface area contributed by atoms with Crippen molar-refractivity contribution >= 4 is 35.2 Å². The molecule has 0 spiro atoms. The Kier molecular flexibility index (Phi) is 9.10. The molecular formula is C20H24N4O5S. The van der Waals surface area contributed by atoms with Crippen molar-refractivity contribution in [2.24, 2.45) is 0 Å². The maximum atomic E-state index is 12.3. The van der Waals surface area contributed by atoms with Gasteiger partial charge in [0.15, 0.2) is 5.16 Å². The van der Waals surface area contributed by atoms with Crippen molar-refractivity contribution in [3.63, 3.8) is 0 Å². The number of rotatable bonds is 11. The molecule has 10 heteroatoms. The third kappa shape index (κ3) is 6.75. The number of amides is 2. The smallest absolute Gasteiger partial charge is 0.338 e. The molecule has 2 amide bonds. The number of anilines is 1. The molecule has 0 bridgehead atoms. The first-order valence-corrected chi connectivity index (χ1v) is 10.2. The van der Waals surface area contributed by atoms with Crippen LogP contribution in [0.15, 0.2) is 48.3 Å². The lowest BCUT2D eigenvalue weighted by molar-refractivity contribution is -0.121. The Bertz CT molecular complexity index is 895. The van der Waals surface area contributed by atoms with Gasteiger partial charge in [-0.2, -0.15) is 0 Å². The third-order valence-electron chi connectivity index (χ3n) is 3.82. The second-order valence-corrected chi connectivity index (χ2v) is 6.95. The van der Waals surface area contributed by atoms with E-state index < -0.39 is 5.97 Å². The van der Waals surface area contributed by atoms with Crippen LogP contribution in [0.3, 0.4) is 0 Å². The molecule has 0 aliphatic heterocycles. The highest BCUT2D eigenvalue weighted by molar-refractivity contribution is 7.99. The normalized spacial score (nSPS) is 10.3. The summed E-state index contributed by atoms with van der Waals surface area (Å²) in [5.74, 6) is -0.902. The molecule has 0 unspecified atom stereocenters. The standard InChI is InChI=1S/C20H24N4O5S/c1-3-9-21-17(26)11-24-16(12-25)10-22-20(24)30-13-18(27)23-15-7-5-14(6-8-15)19(28)29-4-2/h3,5-8,10,25H,1,4,9,11-13H2,2H3,(H,21,26)(H,23,27). The Morgan fingerprint density at radius 3 is 2.63 bits per heavy atom. The summed E-state index contributed by atoms with van der Waals surface area (Å²) in [7, 11) is 0. The zero-order chi connectivity index (χ0) is 21.9. The number of nitrogens with zero attached hydrogens (tertiary/aromatic N) is 2. The average Bonchev–Trinajstić information content (AvgIpc) is 3.12. The maximum absolute atomic E-state index is 12.3. The van der Waals surface area contributed by atoms with Crippen molar-refractivity contribution in [2.45, 2.75) is 25.2 Å². The molecule has 160 valence electrons. The Labute approximate surface area is 178 Å². The van der Waals surface area contributed by atoms with E-state index in [1.807, 2.05) is 0 Å². The van der Waals surface area contributed by atoms with Gasteiger partial charge in [-0.05, 0) is 31.2 Å². The highest BCUT2D eigenvalue weighted by Gasteiger charge is 2.15. The second kappa shape index (κ2) is 11.8. The first-order valence-electron chi connectivity index (χ1n) is 9.21. The Morgan fingerprint density at radius 1 is 1.27 bits per heavy atom. The van der Waals surface area contributed by atoms with Gasteiger partial charge in [0.05, 0.1) is 36.4 Å². The van der Waals surface area contributed by atoms with E-state index in [2.05, 4.69) is 22.2 Å². The first-order chi connectivity index (χ1) is 14.5. The van der Waals surface area contributed by atoms with Gasteiger partial charge in [0.1, 0.15) is 6.54 Å². The number of aliphatic hydroxyl groups is 1. The number of carbonyl (C=O) groups excluding carboxylic acids is 3. The van der Waals surface area contributed by atoms with E-state index >= 15 is 0 Å². The lowest BCUT2D eigenvalue weighted by Gasteiger charge is -2.11. The second-order valence-electron chi connectivity index (χ2n) is 6.00. The molecule has 9 nitrogen and oxygen atoms in total. The number of ether oxygens (including phenoxy) is 1. The van der Waals surface area contributed by atoms with Gasteiger partial charge in [-0.3, -0.25) is 9.59 Å². The lowest BCUT2D eigenvalue weighted by atomic mass is 10.2. The van der Waals surface area contributed by atoms with Gasteiger partial charge in [0.2, 0.25) is 11.8 Å². The zero-order valence-electron chi connectivity index (χ0n) is 16.6. The largest absolute Gasteiger partial charge is 0.462 e. The summed E-state index contributed by atoms with van der Waals surface area (Å²) in [4.78, 5) is 40.1. The Hall–Kier alpha value is -3.11. The molecule has 3 N–H and O–H groups in total. The minimum Gasteiger partial charge on any atom is -0.462 e. The van der Waals surface area contributed by atoms with Gasteiger partial charge >= 0.3 is 5.97 Å². The Balaban J connectivity index is 1.94. The van der Waals surface area contributed by atoms with Crippen LogP contribution in [0.25, 0.3) is 0 Å². The van der Waals surface area contributed by atoms with E-state index in [1.54, 1.807) is 41.8 Å². The van der Waals surface area contributed by atoms with Gasteiger partial charge in [0.25, 0.3) is 0 Å². The van der Waals surface area contributed by atoms with E-state index in [0.29, 0.717) is 28.6 Å². The van der Waals surface area contributed by atoms with Crippen LogP contribution in [0.5, 0.6) is 0 Å². The fraction of sp³-hybridized carbons (Fsp3) is 0.300. The quantitative estimate of drug-likeness (QED) is 0.280. The van der Waals surface area contributed by atoms with Crippen molar-refractivity contribution < 1.29 is 24.2 Å². The number of aromatic nitrogens is 2. The molecule has 1 aromatic carbocycles. The summed E-state index contributed by atoms with van der Waals surface area (Å²) in [5, 5.41) is 15.3. The van der Waals surface area contributed by atoms with Gasteiger partial charge < -0.3 is 25.0 Å². The fourth-order valence-electron chi connectivity index (χ4n) is 2.42. The summed E-state index contributed by atoms with van der Waals surface area (Å²) in [6.45, 7) is 5.59. The van der Waals surface area contributed by atoms with E-state index in [1.165, 1.54) is 6.20 Å². The fourth-order valence-corrected chi connectivity index (χ4v) is 3.22. The van der Waals surface area contributed by atoms with Crippen molar-refractivity contribution in [1.29, 1.82) is 0 Å². The van der Waals surface area contributed by atoms with Gasteiger partial charge in [-0.1, -0.05) is 17.8 Å². The van der Waals surface area contributed by atoms with E-state index in [-0.39, 0.29) is 37.3 Å². The van der Waals surface area contributed by atoms with Crippen molar-refractivity contribution in [3.8, 4) is 0 Å². The van der Waals surface area contributed by atoms with E-state index in [0.717, 1.165) is 11.8 Å². The van der Waals surface area contributed by atoms with Crippen molar-refractivity contribution in [2.75, 3.05) is 24.2 Å². The lowest BCUT2D eigenvalue weighted by Crippen LogP contribution is -2.28. The number of esters is 1. The zero-order valence-corrected chi connectivity index (χ0v) is 17.4. The summed E-state index contributed by atoms with van der Waals surface area (Å²) in [5.41, 5.74) is 1.41. The molecule has 1 heterocycles. The number of hydrogen-bond acceptors (Lipinski definition) is 7. The average molecular weight is 433 g/mol. The number of imidazole rings is 1. The summed E-state index contributed by atoms with van der Waals surface area (Å²) >= 11 is 1.15. The number of benzene rings is 1. The van der Waals surface area contributed by atoms with Crippen LogP contribution in [0.4, 0.5) is 5.69 Å². The number of carbonyl (C=O) groups is 3. The van der Waals surface area contributed by atoms with Crippen LogP contribution in [-0.2, 0) is 27.5 Å². The molecule has 30 heavy (non-hydrogen) atoms. The van der Waals surface area contributed by atoms with Crippen LogP contribution in [0.2, 0.25) is 0 Å². The summed E-state index contributed by atoms with van der Waals surface area (Å²) in [6, 6.07) is 6.37. The predicted octanol–water partition coefficient (Wildman–Crippen LogP) is 1.59. The molecule has 1 aromatic heterocycles. The van der Waals surface area contributed by atoms with E-state index in [4.69, 9.17) is 4.74 Å². The van der Waals surface area contributed by atoms with Crippen molar-refractivity contribution in [1.82, 2.24) is 14.9 Å². The molecule has 0 fully saturated rings. The van der Waals surface area contributed by atoms with Gasteiger partial charge in [-0.15, -0.1) is 6.58 Å².